The van der Waals surface area contributed by atoms with Crippen molar-refractivity contribution in [3.63, 3.8) is 0 Å². The number of benzene rings is 2. The summed E-state index contributed by atoms with van der Waals surface area (Å²) in [5.74, 6) is -0.633. The standard InChI is InChI=1S/C21H19Cl2N3O4/c1-2-30-19(7-8-20(27)28)24-14-5-6-15-16(11-14)21(29)26-25-18(15)9-12-3-4-13(22)10-17(12)23/h3-6,10-11H,2,7-9H2,1H3,(H,26,29)(H,27,28). The summed E-state index contributed by atoms with van der Waals surface area (Å²) in [6, 6.07) is 10.3. The first-order valence-electron chi connectivity index (χ1n) is 9.24. The molecule has 0 saturated carbocycles. The van der Waals surface area contributed by atoms with Crippen molar-refractivity contribution in [2.75, 3.05) is 6.61 Å². The van der Waals surface area contributed by atoms with E-state index in [2.05, 4.69) is 15.2 Å². The third-order valence-corrected chi connectivity index (χ3v) is 4.93. The first kappa shape index (κ1) is 21.8. The number of nitrogens with one attached hydrogen (secondary N) is 1. The van der Waals surface area contributed by atoms with Crippen LogP contribution in [0.1, 0.15) is 31.0 Å². The van der Waals surface area contributed by atoms with Crippen molar-refractivity contribution in [1.82, 2.24) is 10.2 Å². The molecule has 3 rings (SSSR count). The summed E-state index contributed by atoms with van der Waals surface area (Å²) in [5, 5.41) is 17.7. The van der Waals surface area contributed by atoms with Gasteiger partial charge in [-0.25, -0.2) is 10.1 Å². The summed E-state index contributed by atoms with van der Waals surface area (Å²) in [6.45, 7) is 2.16. The van der Waals surface area contributed by atoms with E-state index in [1.807, 2.05) is 6.07 Å². The first-order chi connectivity index (χ1) is 14.4. The average molecular weight is 448 g/mol. The maximum absolute atomic E-state index is 12.4. The molecule has 0 aliphatic heterocycles. The van der Waals surface area contributed by atoms with E-state index in [-0.39, 0.29) is 18.4 Å². The largest absolute Gasteiger partial charge is 0.481 e. The fourth-order valence-electron chi connectivity index (χ4n) is 2.95. The number of aromatic amines is 1. The smallest absolute Gasteiger partial charge is 0.303 e. The molecule has 2 N–H and O–H groups in total. The van der Waals surface area contributed by atoms with Crippen molar-refractivity contribution in [1.29, 1.82) is 0 Å². The Morgan fingerprint density at radius 2 is 1.97 bits per heavy atom. The van der Waals surface area contributed by atoms with Crippen LogP contribution in [-0.4, -0.2) is 33.8 Å². The molecule has 0 atom stereocenters. The molecule has 2 aromatic carbocycles. The van der Waals surface area contributed by atoms with Gasteiger partial charge in [-0.05, 0) is 36.8 Å². The van der Waals surface area contributed by atoms with Gasteiger partial charge in [0.15, 0.2) is 5.90 Å². The second kappa shape index (κ2) is 9.73. The Morgan fingerprint density at radius 3 is 2.67 bits per heavy atom. The van der Waals surface area contributed by atoms with Crippen LogP contribution < -0.4 is 5.56 Å². The van der Waals surface area contributed by atoms with E-state index in [1.54, 1.807) is 37.3 Å². The Hall–Kier alpha value is -2.90. The molecule has 7 nitrogen and oxygen atoms in total. The number of hydrogen-bond acceptors (Lipinski definition) is 5. The summed E-state index contributed by atoms with van der Waals surface area (Å²) in [5.41, 5.74) is 1.62. The van der Waals surface area contributed by atoms with Crippen LogP contribution in [0.4, 0.5) is 5.69 Å². The number of aromatic nitrogens is 2. The van der Waals surface area contributed by atoms with Crippen LogP contribution in [-0.2, 0) is 16.0 Å². The number of aliphatic imine (C=N–C) groups is 1. The lowest BCUT2D eigenvalue weighted by Gasteiger charge is -2.09. The van der Waals surface area contributed by atoms with Gasteiger partial charge < -0.3 is 9.84 Å². The summed E-state index contributed by atoms with van der Waals surface area (Å²) in [6.07, 6.45) is 0.478. The minimum Gasteiger partial charge on any atom is -0.481 e. The number of ether oxygens (including phenoxy) is 1. The summed E-state index contributed by atoms with van der Waals surface area (Å²) >= 11 is 12.2. The predicted octanol–water partition coefficient (Wildman–Crippen LogP) is 4.75. The van der Waals surface area contributed by atoms with Crippen LogP contribution in [0.15, 0.2) is 46.2 Å². The Balaban J connectivity index is 1.98. The van der Waals surface area contributed by atoms with Crippen LogP contribution >= 0.6 is 23.2 Å². The highest BCUT2D eigenvalue weighted by molar-refractivity contribution is 6.35. The number of rotatable bonds is 7. The van der Waals surface area contributed by atoms with Crippen molar-refractivity contribution in [2.24, 2.45) is 4.99 Å². The second-order valence-electron chi connectivity index (χ2n) is 6.47. The van der Waals surface area contributed by atoms with Gasteiger partial charge in [0.25, 0.3) is 5.56 Å². The predicted molar refractivity (Wildman–Crippen MR) is 117 cm³/mol. The molecule has 0 saturated heterocycles. The van der Waals surface area contributed by atoms with Gasteiger partial charge in [-0.1, -0.05) is 35.3 Å². The molecule has 156 valence electrons. The quantitative estimate of drug-likeness (QED) is 0.401. The van der Waals surface area contributed by atoms with Gasteiger partial charge in [-0.2, -0.15) is 5.10 Å². The number of hydrogen-bond donors (Lipinski definition) is 2. The van der Waals surface area contributed by atoms with E-state index in [0.29, 0.717) is 51.1 Å². The van der Waals surface area contributed by atoms with E-state index in [4.69, 9.17) is 33.0 Å². The third-order valence-electron chi connectivity index (χ3n) is 4.34. The lowest BCUT2D eigenvalue weighted by molar-refractivity contribution is -0.136. The van der Waals surface area contributed by atoms with Gasteiger partial charge in [0, 0.05) is 28.3 Å². The maximum Gasteiger partial charge on any atom is 0.303 e. The SMILES string of the molecule is CCOC(CCC(=O)O)=Nc1ccc2c(Cc3ccc(Cl)cc3Cl)n[nH]c(=O)c2c1. The van der Waals surface area contributed by atoms with Gasteiger partial charge >= 0.3 is 5.97 Å². The molecule has 0 spiro atoms. The summed E-state index contributed by atoms with van der Waals surface area (Å²) < 4.78 is 5.43. The minimum atomic E-state index is -0.936. The highest BCUT2D eigenvalue weighted by Crippen LogP contribution is 2.26. The zero-order valence-electron chi connectivity index (χ0n) is 16.1. The summed E-state index contributed by atoms with van der Waals surface area (Å²) in [4.78, 5) is 27.6. The lowest BCUT2D eigenvalue weighted by Crippen LogP contribution is -2.11. The van der Waals surface area contributed by atoms with Crippen LogP contribution in [0.5, 0.6) is 0 Å². The van der Waals surface area contributed by atoms with E-state index >= 15 is 0 Å². The molecule has 0 aliphatic rings. The zero-order chi connectivity index (χ0) is 21.7. The molecule has 0 amide bonds. The topological polar surface area (TPSA) is 105 Å². The van der Waals surface area contributed by atoms with Crippen molar-refractivity contribution >= 4 is 51.5 Å². The summed E-state index contributed by atoms with van der Waals surface area (Å²) in [7, 11) is 0. The fourth-order valence-corrected chi connectivity index (χ4v) is 3.42. The minimum absolute atomic E-state index is 0.0943. The van der Waals surface area contributed by atoms with Crippen molar-refractivity contribution in [3.8, 4) is 0 Å². The van der Waals surface area contributed by atoms with Gasteiger partial charge in [-0.15, -0.1) is 0 Å². The molecule has 1 aromatic heterocycles. The van der Waals surface area contributed by atoms with E-state index in [1.165, 1.54) is 0 Å². The van der Waals surface area contributed by atoms with Crippen LogP contribution in [0, 0.1) is 0 Å². The maximum atomic E-state index is 12.4. The lowest BCUT2D eigenvalue weighted by atomic mass is 10.0. The van der Waals surface area contributed by atoms with E-state index < -0.39 is 5.97 Å². The molecular weight excluding hydrogens is 429 g/mol. The van der Waals surface area contributed by atoms with Crippen molar-refractivity contribution in [2.45, 2.75) is 26.2 Å². The van der Waals surface area contributed by atoms with E-state index in [9.17, 15) is 9.59 Å². The van der Waals surface area contributed by atoms with Crippen LogP contribution in [0.3, 0.4) is 0 Å². The monoisotopic (exact) mass is 447 g/mol. The molecule has 0 fully saturated rings. The number of carboxylic acid groups (broad SMARTS) is 1. The number of nitrogens with zero attached hydrogens (tertiary/aromatic N) is 2. The number of H-pyrrole nitrogens is 1. The van der Waals surface area contributed by atoms with Gasteiger partial charge in [0.05, 0.1) is 29.8 Å². The number of aliphatic carboxylic acids is 1. The highest BCUT2D eigenvalue weighted by Gasteiger charge is 2.12. The number of halogens is 2. The Labute approximate surface area is 182 Å². The van der Waals surface area contributed by atoms with Crippen molar-refractivity contribution < 1.29 is 14.6 Å². The molecule has 0 bridgehead atoms. The Kier molecular flexibility index (Phi) is 7.07. The van der Waals surface area contributed by atoms with Gasteiger partial charge in [0.1, 0.15) is 0 Å². The normalized spacial score (nSPS) is 11.6. The number of fused-ring (bicyclic) bond motifs is 1. The molecule has 0 aliphatic carbocycles. The van der Waals surface area contributed by atoms with Gasteiger partial charge in [0.2, 0.25) is 0 Å². The molecule has 0 unspecified atom stereocenters. The molecule has 0 radical (unpaired) electrons. The van der Waals surface area contributed by atoms with Gasteiger partial charge in [-0.3, -0.25) is 9.59 Å². The van der Waals surface area contributed by atoms with Crippen LogP contribution in [0.2, 0.25) is 10.0 Å². The zero-order valence-corrected chi connectivity index (χ0v) is 17.6. The van der Waals surface area contributed by atoms with E-state index in [0.717, 1.165) is 5.56 Å². The van der Waals surface area contributed by atoms with Crippen molar-refractivity contribution in [3.05, 3.63) is 68.1 Å². The Bertz CT molecular complexity index is 1170. The first-order valence-corrected chi connectivity index (χ1v) is 10.0. The molecule has 3 aromatic rings. The molecule has 30 heavy (non-hydrogen) atoms. The van der Waals surface area contributed by atoms with Crippen LogP contribution in [0.25, 0.3) is 10.8 Å². The number of carbonyl (C=O) groups is 1. The third kappa shape index (κ3) is 5.37. The average Bonchev–Trinajstić information content (AvgIpc) is 2.70. The molecular formula is C21H19Cl2N3O4. The second-order valence-corrected chi connectivity index (χ2v) is 7.32. The fraction of sp³-hybridized carbons (Fsp3) is 0.238. The number of carboxylic acids is 1. The highest BCUT2D eigenvalue weighted by atomic mass is 35.5. The molecule has 9 heteroatoms. The Morgan fingerprint density at radius 1 is 1.17 bits per heavy atom. The molecule has 1 heterocycles.